The minimum Gasteiger partial charge on any atom is -0.399 e. The van der Waals surface area contributed by atoms with Crippen LogP contribution in [0, 0.1) is 0 Å². The highest BCUT2D eigenvalue weighted by Crippen LogP contribution is 2.31. The molecular weight excluding hydrogens is 246 g/mol. The Balaban J connectivity index is 2.07. The highest BCUT2D eigenvalue weighted by Gasteiger charge is 2.02. The molecule has 4 heteroatoms. The van der Waals surface area contributed by atoms with Crippen LogP contribution in [0.2, 0.25) is 5.02 Å². The Morgan fingerprint density at radius 2 is 2.20 bits per heavy atom. The first-order chi connectivity index (χ1) is 7.25. The van der Waals surface area contributed by atoms with E-state index in [9.17, 15) is 0 Å². The van der Waals surface area contributed by atoms with E-state index in [1.54, 1.807) is 23.1 Å². The van der Waals surface area contributed by atoms with Crippen molar-refractivity contribution in [2.24, 2.45) is 0 Å². The molecule has 1 aromatic carbocycles. The van der Waals surface area contributed by atoms with Gasteiger partial charge in [0.15, 0.2) is 0 Å². The average Bonchev–Trinajstić information content (AvgIpc) is 2.72. The van der Waals surface area contributed by atoms with E-state index in [1.165, 1.54) is 5.56 Å². The van der Waals surface area contributed by atoms with Gasteiger partial charge in [-0.2, -0.15) is 11.3 Å². The van der Waals surface area contributed by atoms with Crippen molar-refractivity contribution in [3.63, 3.8) is 0 Å². The second-order valence-corrected chi connectivity index (χ2v) is 5.31. The Labute approximate surface area is 102 Å². The minimum atomic E-state index is 0.757. The SMILES string of the molecule is Nc1ccc(Cl)c(SCc2ccsc2)c1. The summed E-state index contributed by atoms with van der Waals surface area (Å²) in [5.74, 6) is 0.937. The van der Waals surface area contributed by atoms with Crippen molar-refractivity contribution in [3.8, 4) is 0 Å². The van der Waals surface area contributed by atoms with Gasteiger partial charge in [0.1, 0.15) is 0 Å². The van der Waals surface area contributed by atoms with Crippen molar-refractivity contribution in [1.29, 1.82) is 0 Å². The van der Waals surface area contributed by atoms with Crippen LogP contribution in [-0.2, 0) is 5.75 Å². The van der Waals surface area contributed by atoms with Gasteiger partial charge in [-0.05, 0) is 40.6 Å². The van der Waals surface area contributed by atoms with E-state index in [4.69, 9.17) is 17.3 Å². The van der Waals surface area contributed by atoms with Crippen molar-refractivity contribution in [1.82, 2.24) is 0 Å². The van der Waals surface area contributed by atoms with Gasteiger partial charge in [0.25, 0.3) is 0 Å². The van der Waals surface area contributed by atoms with Gasteiger partial charge in [-0.1, -0.05) is 11.6 Å². The average molecular weight is 256 g/mol. The molecule has 78 valence electrons. The van der Waals surface area contributed by atoms with Gasteiger partial charge >= 0.3 is 0 Å². The Morgan fingerprint density at radius 1 is 1.33 bits per heavy atom. The predicted molar refractivity (Wildman–Crippen MR) is 69.7 cm³/mol. The normalized spacial score (nSPS) is 10.5. The van der Waals surface area contributed by atoms with Crippen LogP contribution in [0.25, 0.3) is 0 Å². The molecule has 0 radical (unpaired) electrons. The molecule has 0 unspecified atom stereocenters. The van der Waals surface area contributed by atoms with Gasteiger partial charge in [-0.15, -0.1) is 11.8 Å². The van der Waals surface area contributed by atoms with E-state index < -0.39 is 0 Å². The summed E-state index contributed by atoms with van der Waals surface area (Å²) in [6, 6.07) is 7.70. The van der Waals surface area contributed by atoms with E-state index in [2.05, 4.69) is 16.8 Å². The third kappa shape index (κ3) is 2.91. The molecule has 0 fully saturated rings. The lowest BCUT2D eigenvalue weighted by Crippen LogP contribution is -1.85. The molecule has 1 heterocycles. The summed E-state index contributed by atoms with van der Waals surface area (Å²) in [4.78, 5) is 1.04. The Hall–Kier alpha value is -0.640. The number of nitrogen functional groups attached to an aromatic ring is 1. The molecule has 2 rings (SSSR count). The van der Waals surface area contributed by atoms with Crippen molar-refractivity contribution in [2.75, 3.05) is 5.73 Å². The second-order valence-electron chi connectivity index (χ2n) is 3.11. The molecular formula is C11H10ClNS2. The number of nitrogens with two attached hydrogens (primary N) is 1. The summed E-state index contributed by atoms with van der Waals surface area (Å²) in [7, 11) is 0. The van der Waals surface area contributed by atoms with Crippen molar-refractivity contribution in [3.05, 3.63) is 45.6 Å². The standard InChI is InChI=1S/C11H10ClNS2/c12-10-2-1-9(13)5-11(10)15-7-8-3-4-14-6-8/h1-6H,7,13H2. The van der Waals surface area contributed by atoms with Crippen LogP contribution in [-0.4, -0.2) is 0 Å². The number of halogens is 1. The fraction of sp³-hybridized carbons (Fsp3) is 0.0909. The Bertz CT molecular complexity index is 440. The van der Waals surface area contributed by atoms with E-state index in [1.807, 2.05) is 18.2 Å². The quantitative estimate of drug-likeness (QED) is 0.655. The van der Waals surface area contributed by atoms with Gasteiger partial charge in [0.2, 0.25) is 0 Å². The second kappa shape index (κ2) is 4.92. The molecule has 0 saturated heterocycles. The number of hydrogen-bond acceptors (Lipinski definition) is 3. The maximum Gasteiger partial charge on any atom is 0.0543 e. The van der Waals surface area contributed by atoms with Gasteiger partial charge in [0.05, 0.1) is 5.02 Å². The van der Waals surface area contributed by atoms with Crippen LogP contribution in [0.1, 0.15) is 5.56 Å². The van der Waals surface area contributed by atoms with Crippen molar-refractivity contribution < 1.29 is 0 Å². The summed E-state index contributed by atoms with van der Waals surface area (Å²) in [6.45, 7) is 0. The van der Waals surface area contributed by atoms with Crippen LogP contribution >= 0.6 is 34.7 Å². The van der Waals surface area contributed by atoms with Crippen molar-refractivity contribution >= 4 is 40.4 Å². The molecule has 0 aliphatic heterocycles. The Morgan fingerprint density at radius 3 is 2.93 bits per heavy atom. The maximum atomic E-state index is 6.06. The minimum absolute atomic E-state index is 0.757. The molecule has 1 aromatic heterocycles. The van der Waals surface area contributed by atoms with E-state index >= 15 is 0 Å². The number of rotatable bonds is 3. The smallest absolute Gasteiger partial charge is 0.0543 e. The lowest BCUT2D eigenvalue weighted by Gasteiger charge is -2.04. The zero-order valence-corrected chi connectivity index (χ0v) is 10.3. The zero-order valence-electron chi connectivity index (χ0n) is 7.94. The number of hydrogen-bond donors (Lipinski definition) is 1. The van der Waals surface area contributed by atoms with E-state index in [-0.39, 0.29) is 0 Å². The van der Waals surface area contributed by atoms with Crippen LogP contribution in [0.5, 0.6) is 0 Å². The Kier molecular flexibility index (Phi) is 3.57. The fourth-order valence-electron chi connectivity index (χ4n) is 1.17. The molecule has 0 bridgehead atoms. The summed E-state index contributed by atoms with van der Waals surface area (Å²) >= 11 is 9.49. The molecule has 1 nitrogen and oxygen atoms in total. The van der Waals surface area contributed by atoms with Crippen molar-refractivity contribution in [2.45, 2.75) is 10.6 Å². The van der Waals surface area contributed by atoms with Crippen LogP contribution in [0.4, 0.5) is 5.69 Å². The van der Waals surface area contributed by atoms with Gasteiger partial charge in [-0.3, -0.25) is 0 Å². The first-order valence-corrected chi connectivity index (χ1v) is 6.75. The summed E-state index contributed by atoms with van der Waals surface area (Å²) < 4.78 is 0. The first kappa shape index (κ1) is 10.9. The molecule has 2 aromatic rings. The van der Waals surface area contributed by atoms with E-state index in [0.29, 0.717) is 0 Å². The largest absolute Gasteiger partial charge is 0.399 e. The maximum absolute atomic E-state index is 6.06. The topological polar surface area (TPSA) is 26.0 Å². The first-order valence-electron chi connectivity index (χ1n) is 4.44. The molecule has 0 saturated carbocycles. The predicted octanol–water partition coefficient (Wildman–Crippen LogP) is 4.28. The number of thiophene rings is 1. The zero-order chi connectivity index (χ0) is 10.7. The van der Waals surface area contributed by atoms with Gasteiger partial charge < -0.3 is 5.73 Å². The molecule has 0 aliphatic carbocycles. The molecule has 0 atom stereocenters. The van der Waals surface area contributed by atoms with E-state index in [0.717, 1.165) is 21.4 Å². The number of anilines is 1. The summed E-state index contributed by atoms with van der Waals surface area (Å²) in [6.07, 6.45) is 0. The summed E-state index contributed by atoms with van der Waals surface area (Å²) in [5, 5.41) is 4.99. The lowest BCUT2D eigenvalue weighted by atomic mass is 10.3. The summed E-state index contributed by atoms with van der Waals surface area (Å²) in [5.41, 5.74) is 7.79. The number of benzene rings is 1. The van der Waals surface area contributed by atoms with Crippen LogP contribution < -0.4 is 5.73 Å². The van der Waals surface area contributed by atoms with Gasteiger partial charge in [-0.25, -0.2) is 0 Å². The molecule has 0 spiro atoms. The number of thioether (sulfide) groups is 1. The molecule has 0 amide bonds. The van der Waals surface area contributed by atoms with Gasteiger partial charge in [0, 0.05) is 16.3 Å². The van der Waals surface area contributed by atoms with Crippen LogP contribution in [0.3, 0.4) is 0 Å². The molecule has 0 aliphatic rings. The molecule has 2 N–H and O–H groups in total. The fourth-order valence-corrected chi connectivity index (χ4v) is 3.15. The van der Waals surface area contributed by atoms with Crippen LogP contribution in [0.15, 0.2) is 39.9 Å². The third-order valence-electron chi connectivity index (χ3n) is 1.93. The highest BCUT2D eigenvalue weighted by atomic mass is 35.5. The molecule has 15 heavy (non-hydrogen) atoms. The lowest BCUT2D eigenvalue weighted by molar-refractivity contribution is 1.41. The highest BCUT2D eigenvalue weighted by molar-refractivity contribution is 7.98. The third-order valence-corrected chi connectivity index (χ3v) is 4.23. The monoisotopic (exact) mass is 255 g/mol.